The first-order chi connectivity index (χ1) is 12.6. The maximum Gasteiger partial charge on any atom is 0.336 e. The van der Waals surface area contributed by atoms with Gasteiger partial charge >= 0.3 is 5.97 Å². The number of Topliss-reactive ketones (excluding diaryl/α,β-unsaturated/α-hetero) is 1. The van der Waals surface area contributed by atoms with Gasteiger partial charge < -0.3 is 15.4 Å². The van der Waals surface area contributed by atoms with Gasteiger partial charge in [0.05, 0.1) is 19.2 Å². The largest absolute Gasteiger partial charge is 0.466 e. The number of carbonyl (C=O) groups excluding carboxylic acids is 2. The molecule has 0 aliphatic carbocycles. The molecule has 0 saturated heterocycles. The second-order valence-corrected chi connectivity index (χ2v) is 6.81. The van der Waals surface area contributed by atoms with E-state index < -0.39 is 0 Å². The fourth-order valence-corrected chi connectivity index (χ4v) is 3.86. The van der Waals surface area contributed by atoms with Gasteiger partial charge in [0, 0.05) is 29.4 Å². The molecule has 1 unspecified atom stereocenters. The lowest BCUT2D eigenvalue weighted by molar-refractivity contribution is -0.136. The molecule has 3 rings (SSSR count). The first-order valence-corrected chi connectivity index (χ1v) is 9.19. The van der Waals surface area contributed by atoms with Gasteiger partial charge in [0.2, 0.25) is 0 Å². The van der Waals surface area contributed by atoms with E-state index in [1.807, 2.05) is 25.1 Å². The lowest BCUT2D eigenvalue weighted by atomic mass is 9.75. The molecule has 0 fully saturated rings. The minimum absolute atomic E-state index is 0.0305. The van der Waals surface area contributed by atoms with Crippen LogP contribution in [0.4, 0.5) is 0 Å². The normalized spacial score (nSPS) is 20.0. The van der Waals surface area contributed by atoms with Crippen LogP contribution >= 0.6 is 0 Å². The number of ketones is 1. The highest BCUT2D eigenvalue weighted by Crippen LogP contribution is 2.41. The van der Waals surface area contributed by atoms with Crippen molar-refractivity contribution < 1.29 is 14.3 Å². The van der Waals surface area contributed by atoms with Gasteiger partial charge in [-0.05, 0) is 30.9 Å². The van der Waals surface area contributed by atoms with Crippen LogP contribution in [0.15, 0.2) is 46.8 Å². The summed E-state index contributed by atoms with van der Waals surface area (Å²) < 4.78 is 5.06. The zero-order valence-electron chi connectivity index (χ0n) is 15.6. The average Bonchev–Trinajstić information content (AvgIpc) is 2.65. The third-order valence-corrected chi connectivity index (χ3v) is 5.10. The molecule has 5 heteroatoms. The number of nitrogens with one attached hydrogen (secondary N) is 2. The Morgan fingerprint density at radius 1 is 1.27 bits per heavy atom. The summed E-state index contributed by atoms with van der Waals surface area (Å²) >= 11 is 0. The number of carbonyl (C=O) groups is 2. The Labute approximate surface area is 154 Å². The van der Waals surface area contributed by atoms with Crippen molar-refractivity contribution in [2.75, 3.05) is 20.2 Å². The van der Waals surface area contributed by atoms with Gasteiger partial charge in [-0.2, -0.15) is 0 Å². The molecule has 1 aromatic rings. The number of hydrogen-bond acceptors (Lipinski definition) is 5. The summed E-state index contributed by atoms with van der Waals surface area (Å²) in [7, 11) is 1.39. The molecule has 2 heterocycles. The smallest absolute Gasteiger partial charge is 0.336 e. The molecule has 138 valence electrons. The first kappa shape index (κ1) is 18.4. The molecule has 0 amide bonds. The van der Waals surface area contributed by atoms with E-state index in [0.29, 0.717) is 24.2 Å². The Bertz CT molecular complexity index is 792. The van der Waals surface area contributed by atoms with Gasteiger partial charge in [-0.15, -0.1) is 0 Å². The number of ether oxygens (including phenoxy) is 1. The fourth-order valence-electron chi connectivity index (χ4n) is 3.86. The van der Waals surface area contributed by atoms with Crippen LogP contribution in [0, 0.1) is 0 Å². The summed E-state index contributed by atoms with van der Waals surface area (Å²) in [5.74, 6) is -0.729. The van der Waals surface area contributed by atoms with Crippen LogP contribution in [0.5, 0.6) is 0 Å². The number of esters is 1. The van der Waals surface area contributed by atoms with E-state index in [-0.39, 0.29) is 17.7 Å². The monoisotopic (exact) mass is 354 g/mol. The average molecular weight is 354 g/mol. The van der Waals surface area contributed by atoms with Crippen LogP contribution < -0.4 is 10.6 Å². The number of benzene rings is 1. The molecule has 1 atom stereocenters. The Morgan fingerprint density at radius 2 is 2.04 bits per heavy atom. The summed E-state index contributed by atoms with van der Waals surface area (Å²) in [6, 6.07) is 8.13. The fraction of sp³-hybridized carbons (Fsp3) is 0.429. The standard InChI is InChI=1S/C21H26N2O3/c1-4-5-8-14-9-6-7-10-15(14)19-18(21(25)26-3)13(2)23-16-11-22-12-17(24)20(16)19/h6-7,9-10,19,22-23H,4-5,8,11-12H2,1-3H3. The van der Waals surface area contributed by atoms with Crippen LogP contribution in [0.3, 0.4) is 0 Å². The number of aryl methyl sites for hydroxylation is 1. The number of methoxy groups -OCH3 is 1. The van der Waals surface area contributed by atoms with Crippen LogP contribution in [-0.4, -0.2) is 32.0 Å². The maximum absolute atomic E-state index is 12.8. The number of unbranched alkanes of at least 4 members (excludes halogenated alkanes) is 1. The van der Waals surface area contributed by atoms with E-state index in [1.165, 1.54) is 12.7 Å². The number of rotatable bonds is 5. The van der Waals surface area contributed by atoms with Gasteiger partial charge in [0.25, 0.3) is 0 Å². The number of allylic oxidation sites excluding steroid dienone is 1. The van der Waals surface area contributed by atoms with Crippen LogP contribution in [0.2, 0.25) is 0 Å². The van der Waals surface area contributed by atoms with Crippen LogP contribution in [0.1, 0.15) is 43.7 Å². The SMILES string of the molecule is CCCCc1ccccc1C1C(C(=O)OC)=C(C)NC2=C1C(=O)CNC2. The second kappa shape index (κ2) is 7.87. The van der Waals surface area contributed by atoms with Crippen LogP contribution in [0.25, 0.3) is 0 Å². The predicted octanol–water partition coefficient (Wildman–Crippen LogP) is 2.59. The molecule has 0 saturated carbocycles. The number of hydrogen-bond donors (Lipinski definition) is 2. The van der Waals surface area contributed by atoms with Crippen molar-refractivity contribution in [3.05, 3.63) is 57.9 Å². The van der Waals surface area contributed by atoms with Crippen molar-refractivity contribution in [3.63, 3.8) is 0 Å². The highest BCUT2D eigenvalue weighted by atomic mass is 16.5. The topological polar surface area (TPSA) is 67.4 Å². The second-order valence-electron chi connectivity index (χ2n) is 6.81. The minimum Gasteiger partial charge on any atom is -0.466 e. The summed E-state index contributed by atoms with van der Waals surface area (Å²) in [4.78, 5) is 25.4. The first-order valence-electron chi connectivity index (χ1n) is 9.19. The number of dihydropyridines is 1. The van der Waals surface area contributed by atoms with Crippen LogP contribution in [-0.2, 0) is 20.7 Å². The third-order valence-electron chi connectivity index (χ3n) is 5.10. The van der Waals surface area contributed by atoms with Gasteiger partial charge in [-0.1, -0.05) is 37.6 Å². The highest BCUT2D eigenvalue weighted by Gasteiger charge is 2.39. The lowest BCUT2D eigenvalue weighted by Gasteiger charge is -2.35. The van der Waals surface area contributed by atoms with E-state index in [4.69, 9.17) is 4.74 Å². The zero-order chi connectivity index (χ0) is 18.7. The molecule has 0 radical (unpaired) electrons. The quantitative estimate of drug-likeness (QED) is 0.796. The third kappa shape index (κ3) is 3.31. The van der Waals surface area contributed by atoms with Gasteiger partial charge in [0.1, 0.15) is 0 Å². The van der Waals surface area contributed by atoms with Crippen molar-refractivity contribution in [1.29, 1.82) is 0 Å². The molecular formula is C21H26N2O3. The van der Waals surface area contributed by atoms with Crippen molar-refractivity contribution in [1.82, 2.24) is 10.6 Å². The molecule has 1 aromatic carbocycles. The van der Waals surface area contributed by atoms with Gasteiger partial charge in [-0.25, -0.2) is 4.79 Å². The summed E-state index contributed by atoms with van der Waals surface area (Å²) in [6.07, 6.45) is 3.09. The van der Waals surface area contributed by atoms with E-state index in [2.05, 4.69) is 23.6 Å². The molecular weight excluding hydrogens is 328 g/mol. The van der Waals surface area contributed by atoms with Crippen molar-refractivity contribution in [2.45, 2.75) is 39.0 Å². The van der Waals surface area contributed by atoms with Gasteiger partial charge in [0.15, 0.2) is 5.78 Å². The summed E-state index contributed by atoms with van der Waals surface area (Å²) in [5, 5.41) is 6.38. The molecule has 2 aliphatic heterocycles. The van der Waals surface area contributed by atoms with Gasteiger partial charge in [-0.3, -0.25) is 4.79 Å². The molecule has 26 heavy (non-hydrogen) atoms. The van der Waals surface area contributed by atoms with E-state index in [0.717, 1.165) is 36.2 Å². The molecule has 2 aliphatic rings. The van der Waals surface area contributed by atoms with E-state index >= 15 is 0 Å². The Balaban J connectivity index is 2.18. The lowest BCUT2D eigenvalue weighted by Crippen LogP contribution is -2.43. The minimum atomic E-state index is -0.386. The maximum atomic E-state index is 12.8. The molecule has 0 spiro atoms. The summed E-state index contributed by atoms with van der Waals surface area (Å²) in [6.45, 7) is 4.92. The molecule has 0 bridgehead atoms. The Kier molecular flexibility index (Phi) is 5.57. The highest BCUT2D eigenvalue weighted by molar-refractivity contribution is 6.04. The van der Waals surface area contributed by atoms with Crippen molar-refractivity contribution >= 4 is 11.8 Å². The zero-order valence-corrected chi connectivity index (χ0v) is 15.6. The van der Waals surface area contributed by atoms with E-state index in [9.17, 15) is 9.59 Å². The summed E-state index contributed by atoms with van der Waals surface area (Å²) in [5.41, 5.74) is 5.06. The molecule has 2 N–H and O–H groups in total. The Morgan fingerprint density at radius 3 is 2.77 bits per heavy atom. The molecule has 5 nitrogen and oxygen atoms in total. The Hall–Kier alpha value is -2.40. The van der Waals surface area contributed by atoms with Crippen molar-refractivity contribution in [2.24, 2.45) is 0 Å². The molecule has 0 aromatic heterocycles. The van der Waals surface area contributed by atoms with Crippen molar-refractivity contribution in [3.8, 4) is 0 Å². The van der Waals surface area contributed by atoms with E-state index in [1.54, 1.807) is 0 Å². The predicted molar refractivity (Wildman–Crippen MR) is 101 cm³/mol.